The number of nitrogens with zero attached hydrogens (tertiary/aromatic N) is 3. The molecule has 0 bridgehead atoms. The zero-order chi connectivity index (χ0) is 14.4. The van der Waals surface area contributed by atoms with Gasteiger partial charge in [-0.1, -0.05) is 6.07 Å². The number of thioether (sulfide) groups is 1. The third-order valence-electron chi connectivity index (χ3n) is 2.86. The highest BCUT2D eigenvalue weighted by Gasteiger charge is 2.17. The van der Waals surface area contributed by atoms with Crippen LogP contribution in [0.5, 0.6) is 0 Å². The Kier molecular flexibility index (Phi) is 5.49. The lowest BCUT2D eigenvalue weighted by atomic mass is 10.0. The second-order valence-electron chi connectivity index (χ2n) is 4.34. The fraction of sp³-hybridized carbons (Fsp3) is 0.385. The van der Waals surface area contributed by atoms with E-state index < -0.39 is 11.6 Å². The van der Waals surface area contributed by atoms with E-state index in [1.165, 1.54) is 18.5 Å². The fourth-order valence-corrected chi connectivity index (χ4v) is 2.84. The summed E-state index contributed by atoms with van der Waals surface area (Å²) in [5.74, 6) is 0.300. The van der Waals surface area contributed by atoms with Gasteiger partial charge in [-0.2, -0.15) is 16.9 Å². The summed E-state index contributed by atoms with van der Waals surface area (Å²) in [5, 5.41) is 4.03. The Morgan fingerprint density at radius 3 is 2.85 bits per heavy atom. The first-order valence-electron chi connectivity index (χ1n) is 6.26. The van der Waals surface area contributed by atoms with E-state index in [0.29, 0.717) is 24.4 Å². The van der Waals surface area contributed by atoms with Gasteiger partial charge in [0.2, 0.25) is 0 Å². The summed E-state index contributed by atoms with van der Waals surface area (Å²) < 4.78 is 28.6. The van der Waals surface area contributed by atoms with Crippen molar-refractivity contribution in [2.24, 2.45) is 5.73 Å². The third-order valence-corrected chi connectivity index (χ3v) is 4.02. The lowest BCUT2D eigenvalue weighted by Gasteiger charge is -2.17. The molecule has 0 aliphatic rings. The van der Waals surface area contributed by atoms with Gasteiger partial charge in [0.15, 0.2) is 0 Å². The second-order valence-corrected chi connectivity index (χ2v) is 5.49. The van der Waals surface area contributed by atoms with Crippen molar-refractivity contribution in [1.29, 1.82) is 0 Å². The van der Waals surface area contributed by atoms with Gasteiger partial charge in [-0.25, -0.2) is 13.8 Å². The van der Waals surface area contributed by atoms with E-state index in [1.54, 1.807) is 22.8 Å². The topological polar surface area (TPSA) is 56.7 Å². The van der Waals surface area contributed by atoms with Gasteiger partial charge in [0.05, 0.1) is 6.54 Å². The van der Waals surface area contributed by atoms with E-state index in [-0.39, 0.29) is 5.92 Å². The van der Waals surface area contributed by atoms with Crippen LogP contribution in [-0.2, 0) is 6.54 Å². The average molecular weight is 298 g/mol. The van der Waals surface area contributed by atoms with Crippen LogP contribution >= 0.6 is 11.8 Å². The summed E-state index contributed by atoms with van der Waals surface area (Å²) in [5.41, 5.74) is 5.96. The number of nitrogens with two attached hydrogens (primary N) is 1. The Hall–Kier alpha value is -1.47. The summed E-state index contributed by atoms with van der Waals surface area (Å²) >= 11 is 1.64. The van der Waals surface area contributed by atoms with Crippen LogP contribution in [0.3, 0.4) is 0 Å². The Balaban J connectivity index is 2.15. The highest BCUT2D eigenvalue weighted by atomic mass is 32.2. The van der Waals surface area contributed by atoms with Crippen molar-refractivity contribution in [2.45, 2.75) is 12.5 Å². The number of aromatic nitrogens is 3. The number of hydrogen-bond acceptors (Lipinski definition) is 4. The quantitative estimate of drug-likeness (QED) is 0.795. The fourth-order valence-electron chi connectivity index (χ4n) is 1.94. The third kappa shape index (κ3) is 4.01. The molecule has 2 aromatic rings. The number of rotatable bonds is 7. The molecular weight excluding hydrogens is 282 g/mol. The van der Waals surface area contributed by atoms with E-state index in [1.807, 2.05) is 0 Å². The number of benzene rings is 1. The van der Waals surface area contributed by atoms with Crippen molar-refractivity contribution >= 4 is 11.8 Å². The molecule has 0 saturated carbocycles. The molecule has 7 heteroatoms. The maximum atomic E-state index is 13.9. The highest BCUT2D eigenvalue weighted by Crippen LogP contribution is 2.25. The van der Waals surface area contributed by atoms with Crippen molar-refractivity contribution in [3.05, 3.63) is 48.1 Å². The summed E-state index contributed by atoms with van der Waals surface area (Å²) in [6.07, 6.45) is 3.02. The van der Waals surface area contributed by atoms with E-state index in [0.717, 1.165) is 11.8 Å². The highest BCUT2D eigenvalue weighted by molar-refractivity contribution is 7.99. The average Bonchev–Trinajstić information content (AvgIpc) is 2.91. The zero-order valence-electron chi connectivity index (χ0n) is 10.9. The Morgan fingerprint density at radius 1 is 1.35 bits per heavy atom. The Bertz CT molecular complexity index is 533. The SMILES string of the molecule is NCCSCC(Cn1cncn1)c1ccc(F)cc1F. The van der Waals surface area contributed by atoms with E-state index >= 15 is 0 Å². The maximum Gasteiger partial charge on any atom is 0.137 e. The summed E-state index contributed by atoms with van der Waals surface area (Å²) in [6, 6.07) is 3.69. The molecule has 0 aliphatic carbocycles. The lowest BCUT2D eigenvalue weighted by molar-refractivity contribution is 0.511. The molecular formula is C13H16F2N4S. The lowest BCUT2D eigenvalue weighted by Crippen LogP contribution is -2.15. The maximum absolute atomic E-state index is 13.9. The molecule has 0 amide bonds. The van der Waals surface area contributed by atoms with Crippen LogP contribution in [0.4, 0.5) is 8.78 Å². The molecule has 108 valence electrons. The Morgan fingerprint density at radius 2 is 2.20 bits per heavy atom. The molecule has 4 nitrogen and oxygen atoms in total. The minimum absolute atomic E-state index is 0.103. The monoisotopic (exact) mass is 298 g/mol. The molecule has 1 unspecified atom stereocenters. The van der Waals surface area contributed by atoms with E-state index in [4.69, 9.17) is 5.73 Å². The molecule has 1 atom stereocenters. The standard InChI is InChI=1S/C13H16F2N4S/c14-11-1-2-12(13(15)5-11)10(7-20-4-3-16)6-19-9-17-8-18-19/h1-2,5,8-10H,3-4,6-7,16H2. The van der Waals surface area contributed by atoms with Gasteiger partial charge in [-0.3, -0.25) is 4.68 Å². The smallest absolute Gasteiger partial charge is 0.137 e. The van der Waals surface area contributed by atoms with Gasteiger partial charge < -0.3 is 5.73 Å². The molecule has 2 rings (SSSR count). The largest absolute Gasteiger partial charge is 0.330 e. The van der Waals surface area contributed by atoms with E-state index in [9.17, 15) is 8.78 Å². The van der Waals surface area contributed by atoms with Gasteiger partial charge in [0.1, 0.15) is 24.3 Å². The minimum Gasteiger partial charge on any atom is -0.330 e. The van der Waals surface area contributed by atoms with Gasteiger partial charge in [-0.15, -0.1) is 0 Å². The molecule has 0 fully saturated rings. The van der Waals surface area contributed by atoms with Crippen molar-refractivity contribution in [2.75, 3.05) is 18.1 Å². The van der Waals surface area contributed by atoms with E-state index in [2.05, 4.69) is 10.1 Å². The molecule has 1 heterocycles. The predicted molar refractivity (Wildman–Crippen MR) is 75.5 cm³/mol. The number of hydrogen-bond donors (Lipinski definition) is 1. The van der Waals surface area contributed by atoms with Crippen LogP contribution in [0.1, 0.15) is 11.5 Å². The van der Waals surface area contributed by atoms with Gasteiger partial charge in [-0.05, 0) is 11.6 Å². The zero-order valence-corrected chi connectivity index (χ0v) is 11.7. The van der Waals surface area contributed by atoms with Crippen molar-refractivity contribution in [3.8, 4) is 0 Å². The molecule has 0 aliphatic heterocycles. The first-order valence-corrected chi connectivity index (χ1v) is 7.41. The van der Waals surface area contributed by atoms with Crippen LogP contribution in [0.2, 0.25) is 0 Å². The molecule has 2 N–H and O–H groups in total. The van der Waals surface area contributed by atoms with Crippen LogP contribution in [0.15, 0.2) is 30.9 Å². The van der Waals surface area contributed by atoms with Gasteiger partial charge in [0.25, 0.3) is 0 Å². The first kappa shape index (κ1) is 14.9. The molecule has 0 radical (unpaired) electrons. The van der Waals surface area contributed by atoms with Gasteiger partial charge in [0, 0.05) is 30.0 Å². The molecule has 1 aromatic heterocycles. The second kappa shape index (κ2) is 7.35. The summed E-state index contributed by atoms with van der Waals surface area (Å²) in [6.45, 7) is 1.08. The molecule has 1 aromatic carbocycles. The van der Waals surface area contributed by atoms with Crippen molar-refractivity contribution in [3.63, 3.8) is 0 Å². The van der Waals surface area contributed by atoms with Gasteiger partial charge >= 0.3 is 0 Å². The molecule has 0 saturated heterocycles. The van der Waals surface area contributed by atoms with Crippen LogP contribution in [0.25, 0.3) is 0 Å². The van der Waals surface area contributed by atoms with Crippen molar-refractivity contribution in [1.82, 2.24) is 14.8 Å². The Labute approximate surface area is 120 Å². The van der Waals surface area contributed by atoms with Crippen LogP contribution < -0.4 is 5.73 Å². The summed E-state index contributed by atoms with van der Waals surface area (Å²) in [7, 11) is 0. The summed E-state index contributed by atoms with van der Waals surface area (Å²) in [4.78, 5) is 3.87. The first-order chi connectivity index (χ1) is 9.70. The minimum atomic E-state index is -0.569. The normalized spacial score (nSPS) is 12.6. The molecule has 20 heavy (non-hydrogen) atoms. The van der Waals surface area contributed by atoms with Crippen LogP contribution in [-0.4, -0.2) is 32.8 Å². The van der Waals surface area contributed by atoms with Crippen LogP contribution in [0, 0.1) is 11.6 Å². The van der Waals surface area contributed by atoms with Crippen molar-refractivity contribution < 1.29 is 8.78 Å². The molecule has 0 spiro atoms. The predicted octanol–water partition coefficient (Wildman–Crippen LogP) is 2.03. The number of halogens is 2.